The number of rotatable bonds is 9. The fraction of sp³-hybridized carbons (Fsp3) is 0.273. The number of nitrogens with two attached hydrogens (primary N) is 1. The summed E-state index contributed by atoms with van der Waals surface area (Å²) in [5.74, 6) is 0.198. The van der Waals surface area contributed by atoms with Crippen molar-refractivity contribution in [3.63, 3.8) is 0 Å². The minimum atomic E-state index is -0.380. The van der Waals surface area contributed by atoms with E-state index < -0.39 is 0 Å². The van der Waals surface area contributed by atoms with E-state index in [9.17, 15) is 9.59 Å². The Kier molecular flexibility index (Phi) is 6.45. The molecule has 3 aromatic rings. The molecule has 146 valence electrons. The summed E-state index contributed by atoms with van der Waals surface area (Å²) in [5.41, 5.74) is 7.15. The smallest absolute Gasteiger partial charge is 0.234 e. The molecule has 1 heterocycles. The normalized spacial score (nSPS) is 12.2. The Labute approximate surface area is 164 Å². The van der Waals surface area contributed by atoms with Crippen LogP contribution in [0.3, 0.4) is 0 Å². The standard InChI is InChI=1S/C22H25N3O3/c1-16(20-13-18-9-5-6-10-19(18)28-20)24-22(27)15-25(12-11-21(23)26)14-17-7-3-2-4-8-17/h2-10,13,16H,11-12,14-15H2,1H3,(H2,23,26)(H,24,27). The lowest BCUT2D eigenvalue weighted by molar-refractivity contribution is -0.124. The summed E-state index contributed by atoms with van der Waals surface area (Å²) < 4.78 is 5.82. The number of carbonyl (C=O) groups excluding carboxylic acids is 2. The summed E-state index contributed by atoms with van der Waals surface area (Å²) in [4.78, 5) is 25.7. The van der Waals surface area contributed by atoms with Gasteiger partial charge in [0, 0.05) is 24.9 Å². The first-order valence-corrected chi connectivity index (χ1v) is 9.33. The fourth-order valence-corrected chi connectivity index (χ4v) is 3.10. The Bertz CT molecular complexity index is 903. The van der Waals surface area contributed by atoms with Crippen molar-refractivity contribution >= 4 is 22.8 Å². The van der Waals surface area contributed by atoms with Crippen molar-refractivity contribution in [2.24, 2.45) is 5.73 Å². The van der Waals surface area contributed by atoms with Crippen LogP contribution in [0.4, 0.5) is 0 Å². The van der Waals surface area contributed by atoms with Gasteiger partial charge < -0.3 is 15.5 Å². The van der Waals surface area contributed by atoms with Crippen LogP contribution in [0.25, 0.3) is 11.0 Å². The molecule has 6 heteroatoms. The van der Waals surface area contributed by atoms with E-state index in [4.69, 9.17) is 10.2 Å². The van der Waals surface area contributed by atoms with Crippen LogP contribution in [0.2, 0.25) is 0 Å². The number of hydrogen-bond acceptors (Lipinski definition) is 4. The number of furan rings is 1. The Morgan fingerprint density at radius 1 is 1.11 bits per heavy atom. The molecule has 0 bridgehead atoms. The maximum Gasteiger partial charge on any atom is 0.234 e. The predicted molar refractivity (Wildman–Crippen MR) is 108 cm³/mol. The van der Waals surface area contributed by atoms with Gasteiger partial charge in [0.1, 0.15) is 11.3 Å². The van der Waals surface area contributed by atoms with Gasteiger partial charge in [-0.2, -0.15) is 0 Å². The van der Waals surface area contributed by atoms with Crippen LogP contribution in [0.5, 0.6) is 0 Å². The van der Waals surface area contributed by atoms with Gasteiger partial charge in [0.15, 0.2) is 0 Å². The van der Waals surface area contributed by atoms with Crippen LogP contribution in [-0.4, -0.2) is 29.8 Å². The van der Waals surface area contributed by atoms with E-state index in [0.29, 0.717) is 18.8 Å². The molecule has 2 amide bonds. The first kappa shape index (κ1) is 19.6. The van der Waals surface area contributed by atoms with E-state index in [1.807, 2.05) is 72.5 Å². The first-order valence-electron chi connectivity index (χ1n) is 9.33. The molecule has 3 rings (SSSR count). The van der Waals surface area contributed by atoms with Gasteiger partial charge in [0.05, 0.1) is 12.6 Å². The second-order valence-electron chi connectivity index (χ2n) is 6.89. The molecule has 0 spiro atoms. The number of nitrogens with one attached hydrogen (secondary N) is 1. The summed E-state index contributed by atoms with van der Waals surface area (Å²) in [5, 5.41) is 3.98. The van der Waals surface area contributed by atoms with Crippen molar-refractivity contribution < 1.29 is 14.0 Å². The molecule has 0 saturated carbocycles. The van der Waals surface area contributed by atoms with E-state index >= 15 is 0 Å². The van der Waals surface area contributed by atoms with E-state index in [1.165, 1.54) is 0 Å². The molecule has 0 radical (unpaired) electrons. The van der Waals surface area contributed by atoms with Crippen LogP contribution < -0.4 is 11.1 Å². The third-order valence-corrected chi connectivity index (χ3v) is 4.54. The van der Waals surface area contributed by atoms with Crippen molar-refractivity contribution in [3.05, 3.63) is 72.0 Å². The number of primary amides is 1. The molecule has 1 atom stereocenters. The molecule has 0 aliphatic rings. The molecule has 6 nitrogen and oxygen atoms in total. The number of benzene rings is 2. The van der Waals surface area contributed by atoms with Crippen molar-refractivity contribution in [1.82, 2.24) is 10.2 Å². The van der Waals surface area contributed by atoms with E-state index in [-0.39, 0.29) is 30.8 Å². The maximum absolute atomic E-state index is 12.6. The van der Waals surface area contributed by atoms with Crippen LogP contribution in [-0.2, 0) is 16.1 Å². The van der Waals surface area contributed by atoms with Gasteiger partial charge in [-0.25, -0.2) is 0 Å². The first-order chi connectivity index (χ1) is 13.5. The van der Waals surface area contributed by atoms with Gasteiger partial charge in [-0.05, 0) is 24.6 Å². The van der Waals surface area contributed by atoms with Gasteiger partial charge in [-0.3, -0.25) is 14.5 Å². The van der Waals surface area contributed by atoms with Crippen LogP contribution in [0.15, 0.2) is 65.1 Å². The quantitative estimate of drug-likeness (QED) is 0.598. The molecule has 2 aromatic carbocycles. The summed E-state index contributed by atoms with van der Waals surface area (Å²) in [7, 11) is 0. The summed E-state index contributed by atoms with van der Waals surface area (Å²) >= 11 is 0. The number of nitrogens with zero attached hydrogens (tertiary/aromatic N) is 1. The fourth-order valence-electron chi connectivity index (χ4n) is 3.10. The largest absolute Gasteiger partial charge is 0.459 e. The predicted octanol–water partition coefficient (Wildman–Crippen LogP) is 2.99. The maximum atomic E-state index is 12.6. The van der Waals surface area contributed by atoms with Crippen LogP contribution in [0.1, 0.15) is 30.7 Å². The van der Waals surface area contributed by atoms with Crippen LogP contribution in [0, 0.1) is 0 Å². The average Bonchev–Trinajstić information content (AvgIpc) is 3.11. The number of carbonyl (C=O) groups is 2. The Morgan fingerprint density at radius 2 is 1.82 bits per heavy atom. The second-order valence-corrected chi connectivity index (χ2v) is 6.89. The lowest BCUT2D eigenvalue weighted by Gasteiger charge is -2.22. The summed E-state index contributed by atoms with van der Waals surface area (Å²) in [6, 6.07) is 19.3. The second kappa shape index (κ2) is 9.19. The SMILES string of the molecule is CC(NC(=O)CN(CCC(N)=O)Cc1ccccc1)c1cc2ccccc2o1. The lowest BCUT2D eigenvalue weighted by Crippen LogP contribution is -2.39. The number of fused-ring (bicyclic) bond motifs is 1. The highest BCUT2D eigenvalue weighted by Gasteiger charge is 2.17. The highest BCUT2D eigenvalue weighted by atomic mass is 16.3. The van der Waals surface area contributed by atoms with Gasteiger partial charge >= 0.3 is 0 Å². The molecule has 1 aromatic heterocycles. The Morgan fingerprint density at radius 3 is 2.54 bits per heavy atom. The number of hydrogen-bond donors (Lipinski definition) is 2. The number of amides is 2. The molecule has 3 N–H and O–H groups in total. The monoisotopic (exact) mass is 379 g/mol. The molecular formula is C22H25N3O3. The molecular weight excluding hydrogens is 354 g/mol. The molecule has 0 saturated heterocycles. The molecule has 1 unspecified atom stereocenters. The van der Waals surface area contributed by atoms with E-state index in [1.54, 1.807) is 0 Å². The van der Waals surface area contributed by atoms with E-state index in [0.717, 1.165) is 16.5 Å². The minimum Gasteiger partial charge on any atom is -0.459 e. The highest BCUT2D eigenvalue weighted by Crippen LogP contribution is 2.23. The molecule has 0 aliphatic heterocycles. The molecule has 28 heavy (non-hydrogen) atoms. The van der Waals surface area contributed by atoms with Crippen molar-refractivity contribution in [2.45, 2.75) is 25.9 Å². The third kappa shape index (κ3) is 5.44. The van der Waals surface area contributed by atoms with E-state index in [2.05, 4.69) is 5.32 Å². The van der Waals surface area contributed by atoms with Crippen molar-refractivity contribution in [1.29, 1.82) is 0 Å². The van der Waals surface area contributed by atoms with Crippen molar-refractivity contribution in [3.8, 4) is 0 Å². The van der Waals surface area contributed by atoms with Gasteiger partial charge in [-0.1, -0.05) is 48.5 Å². The van der Waals surface area contributed by atoms with Crippen molar-refractivity contribution in [2.75, 3.05) is 13.1 Å². The lowest BCUT2D eigenvalue weighted by atomic mass is 10.2. The average molecular weight is 379 g/mol. The summed E-state index contributed by atoms with van der Waals surface area (Å²) in [6.07, 6.45) is 0.208. The van der Waals surface area contributed by atoms with Gasteiger partial charge in [-0.15, -0.1) is 0 Å². The molecule has 0 fully saturated rings. The topological polar surface area (TPSA) is 88.6 Å². The van der Waals surface area contributed by atoms with Gasteiger partial charge in [0.2, 0.25) is 11.8 Å². The molecule has 0 aliphatic carbocycles. The minimum absolute atomic E-state index is 0.131. The zero-order valence-electron chi connectivity index (χ0n) is 15.9. The Hall–Kier alpha value is -3.12. The van der Waals surface area contributed by atoms with Crippen LogP contribution >= 0.6 is 0 Å². The Balaban J connectivity index is 1.62. The summed E-state index contributed by atoms with van der Waals surface area (Å²) in [6.45, 7) is 3.06. The number of para-hydroxylation sites is 1. The zero-order valence-corrected chi connectivity index (χ0v) is 15.9. The zero-order chi connectivity index (χ0) is 19.9. The third-order valence-electron chi connectivity index (χ3n) is 4.54. The highest BCUT2D eigenvalue weighted by molar-refractivity contribution is 5.80. The van der Waals surface area contributed by atoms with Gasteiger partial charge in [0.25, 0.3) is 0 Å².